The van der Waals surface area contributed by atoms with Crippen molar-refractivity contribution in [3.8, 4) is 33.4 Å². The van der Waals surface area contributed by atoms with Gasteiger partial charge in [-0.15, -0.1) is 22.7 Å². The fraction of sp³-hybridized carbons (Fsp3) is 0. The largest absolute Gasteiger partial charge is 0.135 e. The number of hydrogen-bond acceptors (Lipinski definition) is 2. The van der Waals surface area contributed by atoms with Crippen LogP contribution in [-0.4, -0.2) is 0 Å². The van der Waals surface area contributed by atoms with Crippen molar-refractivity contribution in [2.75, 3.05) is 0 Å². The average Bonchev–Trinajstić information content (AvgIpc) is 3.84. The van der Waals surface area contributed by atoms with Crippen LogP contribution in [0.5, 0.6) is 0 Å². The Morgan fingerprint density at radius 3 is 1.38 bits per heavy atom. The average molecular weight is 769 g/mol. The van der Waals surface area contributed by atoms with Crippen molar-refractivity contribution < 1.29 is 0 Å². The van der Waals surface area contributed by atoms with E-state index < -0.39 is 0 Å². The van der Waals surface area contributed by atoms with Crippen LogP contribution < -0.4 is 0 Å². The molecule has 0 spiro atoms. The van der Waals surface area contributed by atoms with Gasteiger partial charge >= 0.3 is 0 Å². The maximum Gasteiger partial charge on any atom is 0.0448 e. The van der Waals surface area contributed by atoms with Crippen molar-refractivity contribution in [1.29, 1.82) is 0 Å². The van der Waals surface area contributed by atoms with E-state index in [-0.39, 0.29) is 0 Å². The minimum Gasteiger partial charge on any atom is -0.135 e. The van der Waals surface area contributed by atoms with E-state index in [1.54, 1.807) is 0 Å². The molecule has 11 aromatic carbocycles. The van der Waals surface area contributed by atoms with E-state index in [0.717, 1.165) is 0 Å². The molecule has 2 heterocycles. The van der Waals surface area contributed by atoms with Crippen molar-refractivity contribution in [3.05, 3.63) is 194 Å². The van der Waals surface area contributed by atoms with Gasteiger partial charge in [0.25, 0.3) is 0 Å². The highest BCUT2D eigenvalue weighted by Crippen LogP contribution is 2.47. The zero-order valence-electron chi connectivity index (χ0n) is 31.3. The van der Waals surface area contributed by atoms with Crippen LogP contribution in [0.2, 0.25) is 0 Å². The van der Waals surface area contributed by atoms with E-state index in [2.05, 4.69) is 194 Å². The summed E-state index contributed by atoms with van der Waals surface area (Å²) in [5, 5.41) is 18.2. The number of hydrogen-bond donors (Lipinski definition) is 0. The maximum atomic E-state index is 2.41. The lowest BCUT2D eigenvalue weighted by Crippen LogP contribution is -1.91. The lowest BCUT2D eigenvalue weighted by atomic mass is 9.85. The molecule has 268 valence electrons. The molecule has 0 aliphatic carbocycles. The second kappa shape index (κ2) is 12.3. The first-order chi connectivity index (χ1) is 28.7. The van der Waals surface area contributed by atoms with Gasteiger partial charge < -0.3 is 0 Å². The molecule has 0 amide bonds. The molecule has 0 atom stereocenters. The van der Waals surface area contributed by atoms with Gasteiger partial charge in [-0.3, -0.25) is 0 Å². The molecule has 58 heavy (non-hydrogen) atoms. The summed E-state index contributed by atoms with van der Waals surface area (Å²) >= 11 is 3.83. The van der Waals surface area contributed by atoms with E-state index >= 15 is 0 Å². The molecule has 0 N–H and O–H groups in total. The second-order valence-electron chi connectivity index (χ2n) is 15.6. The van der Waals surface area contributed by atoms with E-state index in [1.807, 2.05) is 22.7 Å². The number of thiophene rings is 2. The summed E-state index contributed by atoms with van der Waals surface area (Å²) in [6.45, 7) is 0. The molecule has 13 rings (SSSR count). The zero-order chi connectivity index (χ0) is 37.9. The molecule has 0 saturated carbocycles. The highest BCUT2D eigenvalue weighted by Gasteiger charge is 2.18. The Hall–Kier alpha value is -6.84. The molecule has 0 bridgehead atoms. The van der Waals surface area contributed by atoms with Crippen molar-refractivity contribution in [2.24, 2.45) is 0 Å². The molecule has 2 heteroatoms. The van der Waals surface area contributed by atoms with Crippen LogP contribution in [0.25, 0.3) is 128 Å². The van der Waals surface area contributed by atoms with Crippen molar-refractivity contribution in [3.63, 3.8) is 0 Å². The molecule has 0 aliphatic heterocycles. The standard InChI is InChI=1S/C56H32S2/c1-2-10-34-28-40(23-17-33(34)9-1)53-43-11-3-5-13-45(43)54(46-14-6-4-12-44(46)53)41-24-22-36-27-35(18-19-37(36)29-41)38-20-21-39-31-49-47-25-26-51-55(48-15-7-8-16-50(48)57-51)56(47)58-52(49)32-42(39)30-38/h1-32H. The maximum absolute atomic E-state index is 2.41. The van der Waals surface area contributed by atoms with Gasteiger partial charge in [-0.1, -0.05) is 146 Å². The fourth-order valence-electron chi connectivity index (χ4n) is 9.64. The van der Waals surface area contributed by atoms with Crippen LogP contribution in [0, 0.1) is 0 Å². The Kier molecular flexibility index (Phi) is 6.86. The van der Waals surface area contributed by atoms with Crippen molar-refractivity contribution in [2.45, 2.75) is 0 Å². The van der Waals surface area contributed by atoms with E-state index in [9.17, 15) is 0 Å². The predicted molar refractivity (Wildman–Crippen MR) is 256 cm³/mol. The third kappa shape index (κ3) is 4.80. The monoisotopic (exact) mass is 768 g/mol. The molecule has 0 saturated heterocycles. The van der Waals surface area contributed by atoms with Crippen LogP contribution in [0.4, 0.5) is 0 Å². The van der Waals surface area contributed by atoms with Crippen molar-refractivity contribution >= 4 is 117 Å². The van der Waals surface area contributed by atoms with E-state index in [1.165, 1.54) is 128 Å². The van der Waals surface area contributed by atoms with E-state index in [4.69, 9.17) is 0 Å². The van der Waals surface area contributed by atoms with Crippen LogP contribution in [0.1, 0.15) is 0 Å². The van der Waals surface area contributed by atoms with Crippen LogP contribution in [0.15, 0.2) is 194 Å². The summed E-state index contributed by atoms with van der Waals surface area (Å²) < 4.78 is 5.47. The van der Waals surface area contributed by atoms with E-state index in [0.29, 0.717) is 0 Å². The first-order valence-electron chi connectivity index (χ1n) is 19.9. The van der Waals surface area contributed by atoms with Crippen LogP contribution >= 0.6 is 22.7 Å². The Bertz CT molecular complexity index is 3800. The summed E-state index contributed by atoms with van der Waals surface area (Å²) in [4.78, 5) is 0. The molecule has 0 fully saturated rings. The highest BCUT2D eigenvalue weighted by atomic mass is 32.1. The smallest absolute Gasteiger partial charge is 0.0448 e. The highest BCUT2D eigenvalue weighted by molar-refractivity contribution is 7.29. The molecule has 0 radical (unpaired) electrons. The van der Waals surface area contributed by atoms with Crippen molar-refractivity contribution in [1.82, 2.24) is 0 Å². The fourth-order valence-corrected chi connectivity index (χ4v) is 12.1. The molecular formula is C56H32S2. The summed E-state index contributed by atoms with van der Waals surface area (Å²) in [5.74, 6) is 0. The first kappa shape index (κ1) is 32.3. The lowest BCUT2D eigenvalue weighted by Gasteiger charge is -2.18. The summed E-state index contributed by atoms with van der Waals surface area (Å²) in [7, 11) is 0. The first-order valence-corrected chi connectivity index (χ1v) is 21.5. The van der Waals surface area contributed by atoms with Gasteiger partial charge in [0.15, 0.2) is 0 Å². The molecule has 0 unspecified atom stereocenters. The third-order valence-electron chi connectivity index (χ3n) is 12.4. The summed E-state index contributed by atoms with van der Waals surface area (Å²) in [6, 6.07) is 72.7. The summed E-state index contributed by atoms with van der Waals surface area (Å²) in [5.41, 5.74) is 7.55. The Balaban J connectivity index is 0.918. The second-order valence-corrected chi connectivity index (χ2v) is 17.7. The Morgan fingerprint density at radius 1 is 0.241 bits per heavy atom. The molecule has 0 nitrogen and oxygen atoms in total. The van der Waals surface area contributed by atoms with Gasteiger partial charge in [-0.25, -0.2) is 0 Å². The topological polar surface area (TPSA) is 0 Å². The van der Waals surface area contributed by atoms with Crippen LogP contribution in [-0.2, 0) is 0 Å². The molecule has 0 aliphatic rings. The normalized spacial score (nSPS) is 12.1. The Labute approximate surface area is 342 Å². The van der Waals surface area contributed by atoms with Gasteiger partial charge in [0, 0.05) is 40.3 Å². The van der Waals surface area contributed by atoms with Gasteiger partial charge in [0.05, 0.1) is 0 Å². The minimum atomic E-state index is 1.24. The zero-order valence-corrected chi connectivity index (χ0v) is 32.9. The predicted octanol–water partition coefficient (Wildman–Crippen LogP) is 17.2. The number of fused-ring (bicyclic) bond motifs is 12. The molecular weight excluding hydrogens is 737 g/mol. The molecule has 2 aromatic heterocycles. The molecule has 13 aromatic rings. The Morgan fingerprint density at radius 2 is 0.724 bits per heavy atom. The number of rotatable bonds is 3. The van der Waals surface area contributed by atoms with Gasteiger partial charge in [0.2, 0.25) is 0 Å². The van der Waals surface area contributed by atoms with Gasteiger partial charge in [0.1, 0.15) is 0 Å². The quantitative estimate of drug-likeness (QED) is 0.157. The van der Waals surface area contributed by atoms with Gasteiger partial charge in [-0.05, 0) is 136 Å². The minimum absolute atomic E-state index is 1.24. The van der Waals surface area contributed by atoms with Gasteiger partial charge in [-0.2, -0.15) is 0 Å². The lowest BCUT2D eigenvalue weighted by molar-refractivity contribution is 1.66. The van der Waals surface area contributed by atoms with Crippen LogP contribution in [0.3, 0.4) is 0 Å². The third-order valence-corrected chi connectivity index (χ3v) is 14.7. The summed E-state index contributed by atoms with van der Waals surface area (Å²) in [6.07, 6.45) is 0. The number of benzene rings is 11. The SMILES string of the molecule is c1ccc2cc(-c3c4ccccc4c(-c4ccc5cc(-c6ccc7cc8c(cc7c6)sc6c8ccc7sc8ccccc8c76)ccc5c4)c4ccccc34)ccc2c1.